The van der Waals surface area contributed by atoms with E-state index in [0.717, 1.165) is 0 Å². The van der Waals surface area contributed by atoms with Gasteiger partial charge in [0.1, 0.15) is 21.9 Å². The number of alkyl carbamates (subject to hydrolysis) is 1. The number of carboxylic acid groups (broad SMARTS) is 1. The lowest BCUT2D eigenvalue weighted by molar-refractivity contribution is -0.141. The highest BCUT2D eigenvalue weighted by atomic mass is 79.9. The minimum absolute atomic E-state index is 0.308. The van der Waals surface area contributed by atoms with Crippen LogP contribution in [0.4, 0.5) is 4.79 Å². The Morgan fingerprint density at radius 1 is 1.55 bits per heavy atom. The van der Waals surface area contributed by atoms with Crippen molar-refractivity contribution in [2.45, 2.75) is 50.9 Å². The van der Waals surface area contributed by atoms with Crippen LogP contribution in [0.2, 0.25) is 0 Å². The SMILES string of the molecule is CC(C)(C)OC(=O)N[C@]1(C(=O)O)C[C@H]1[C@@H]1CC(Br)=NO1. The van der Waals surface area contributed by atoms with Gasteiger partial charge in [-0.1, -0.05) is 5.16 Å². The van der Waals surface area contributed by atoms with Gasteiger partial charge in [0.25, 0.3) is 0 Å². The van der Waals surface area contributed by atoms with Crippen molar-refractivity contribution < 1.29 is 24.3 Å². The zero-order valence-corrected chi connectivity index (χ0v) is 13.1. The van der Waals surface area contributed by atoms with Crippen LogP contribution in [0.5, 0.6) is 0 Å². The molecule has 8 heteroatoms. The smallest absolute Gasteiger partial charge is 0.408 e. The van der Waals surface area contributed by atoms with Crippen LogP contribution < -0.4 is 5.32 Å². The fourth-order valence-electron chi connectivity index (χ4n) is 2.25. The number of oxime groups is 1. The van der Waals surface area contributed by atoms with Crippen LogP contribution in [0.1, 0.15) is 33.6 Å². The predicted octanol–water partition coefficient (Wildman–Crippen LogP) is 1.85. The second-order valence-corrected chi connectivity index (χ2v) is 6.94. The fraction of sp³-hybridized carbons (Fsp3) is 0.750. The Morgan fingerprint density at radius 2 is 2.20 bits per heavy atom. The number of rotatable bonds is 3. The summed E-state index contributed by atoms with van der Waals surface area (Å²) < 4.78 is 5.75. The molecule has 2 rings (SSSR count). The first kappa shape index (κ1) is 15.1. The molecular formula is C12H17BrN2O5. The van der Waals surface area contributed by atoms with Crippen LogP contribution >= 0.6 is 15.9 Å². The van der Waals surface area contributed by atoms with E-state index >= 15 is 0 Å². The summed E-state index contributed by atoms with van der Waals surface area (Å²) in [4.78, 5) is 28.4. The van der Waals surface area contributed by atoms with Gasteiger partial charge in [0, 0.05) is 12.3 Å². The Kier molecular flexibility index (Phi) is 3.70. The van der Waals surface area contributed by atoms with Crippen molar-refractivity contribution in [3.05, 3.63) is 0 Å². The normalized spacial score (nSPS) is 32.1. The van der Waals surface area contributed by atoms with Gasteiger partial charge in [-0.2, -0.15) is 0 Å². The first-order valence-corrected chi connectivity index (χ1v) is 7.06. The summed E-state index contributed by atoms with van der Waals surface area (Å²) in [6.07, 6.45) is -0.256. The fourth-order valence-corrected chi connectivity index (χ4v) is 2.65. The van der Waals surface area contributed by atoms with Crippen molar-refractivity contribution in [1.29, 1.82) is 0 Å². The molecule has 1 fully saturated rings. The van der Waals surface area contributed by atoms with E-state index in [-0.39, 0.29) is 12.0 Å². The molecule has 1 heterocycles. The van der Waals surface area contributed by atoms with E-state index < -0.39 is 23.2 Å². The van der Waals surface area contributed by atoms with Crippen molar-refractivity contribution in [3.63, 3.8) is 0 Å². The molecule has 1 aliphatic heterocycles. The Morgan fingerprint density at radius 3 is 2.65 bits per heavy atom. The Hall–Kier alpha value is -1.31. The summed E-state index contributed by atoms with van der Waals surface area (Å²) in [5, 5.41) is 15.6. The van der Waals surface area contributed by atoms with Crippen molar-refractivity contribution in [1.82, 2.24) is 5.32 Å². The van der Waals surface area contributed by atoms with E-state index in [9.17, 15) is 14.7 Å². The number of carboxylic acids is 1. The molecule has 0 bridgehead atoms. The first-order chi connectivity index (χ1) is 9.14. The number of nitrogens with zero attached hydrogens (tertiary/aromatic N) is 1. The largest absolute Gasteiger partial charge is 0.479 e. The Bertz CT molecular complexity index is 473. The number of amides is 1. The van der Waals surface area contributed by atoms with Gasteiger partial charge in [-0.05, 0) is 43.1 Å². The number of hydrogen-bond donors (Lipinski definition) is 2. The Balaban J connectivity index is 2.00. The standard InChI is InChI=1S/C12H17BrN2O5/c1-11(2,3)19-10(18)14-12(9(16)17)5-6(12)7-4-8(13)15-20-7/h6-7H,4-5H2,1-3H3,(H,14,18)(H,16,17)/t6-,7-,12+/m0/s1. The molecule has 3 atom stereocenters. The highest BCUT2D eigenvalue weighted by molar-refractivity contribution is 9.18. The summed E-state index contributed by atoms with van der Waals surface area (Å²) in [5.74, 6) is -1.40. The van der Waals surface area contributed by atoms with E-state index in [0.29, 0.717) is 17.5 Å². The lowest BCUT2D eigenvalue weighted by Crippen LogP contribution is -2.48. The molecule has 20 heavy (non-hydrogen) atoms. The van der Waals surface area contributed by atoms with Crippen LogP contribution in [0.3, 0.4) is 0 Å². The zero-order chi connectivity index (χ0) is 15.1. The number of carbonyl (C=O) groups excluding carboxylic acids is 1. The average Bonchev–Trinajstić information content (AvgIpc) is 2.82. The molecule has 7 nitrogen and oxygen atoms in total. The summed E-state index contributed by atoms with van der Waals surface area (Å²) in [5.41, 5.74) is -2.00. The number of ether oxygens (including phenoxy) is 1. The summed E-state index contributed by atoms with van der Waals surface area (Å²) in [6, 6.07) is 0. The van der Waals surface area contributed by atoms with Gasteiger partial charge in [0.15, 0.2) is 0 Å². The molecule has 0 spiro atoms. The van der Waals surface area contributed by atoms with Gasteiger partial charge in [-0.15, -0.1) is 0 Å². The minimum atomic E-state index is -1.32. The van der Waals surface area contributed by atoms with E-state index in [1.165, 1.54) is 0 Å². The van der Waals surface area contributed by atoms with Crippen LogP contribution in [-0.4, -0.2) is 39.0 Å². The van der Waals surface area contributed by atoms with Gasteiger partial charge < -0.3 is 20.0 Å². The van der Waals surface area contributed by atoms with Crippen molar-refractivity contribution >= 4 is 32.6 Å². The van der Waals surface area contributed by atoms with Crippen molar-refractivity contribution in [2.24, 2.45) is 11.1 Å². The molecule has 2 aliphatic rings. The molecule has 112 valence electrons. The molecular weight excluding hydrogens is 332 g/mol. The molecule has 1 saturated carbocycles. The second kappa shape index (κ2) is 4.91. The third-order valence-electron chi connectivity index (χ3n) is 3.23. The van der Waals surface area contributed by atoms with Gasteiger partial charge in [-0.3, -0.25) is 0 Å². The van der Waals surface area contributed by atoms with E-state index in [4.69, 9.17) is 9.57 Å². The molecule has 0 radical (unpaired) electrons. The lowest BCUT2D eigenvalue weighted by Gasteiger charge is -2.22. The number of hydrogen-bond acceptors (Lipinski definition) is 5. The summed E-state index contributed by atoms with van der Waals surface area (Å²) in [7, 11) is 0. The van der Waals surface area contributed by atoms with Gasteiger partial charge in [-0.25, -0.2) is 9.59 Å². The second-order valence-electron chi connectivity index (χ2n) is 6.03. The van der Waals surface area contributed by atoms with Crippen LogP contribution in [0, 0.1) is 5.92 Å². The topological polar surface area (TPSA) is 97.2 Å². The van der Waals surface area contributed by atoms with Crippen molar-refractivity contribution in [3.8, 4) is 0 Å². The molecule has 0 saturated heterocycles. The van der Waals surface area contributed by atoms with E-state index in [1.54, 1.807) is 20.8 Å². The van der Waals surface area contributed by atoms with Crippen LogP contribution in [0.25, 0.3) is 0 Å². The third-order valence-corrected chi connectivity index (χ3v) is 3.69. The van der Waals surface area contributed by atoms with Gasteiger partial charge >= 0.3 is 12.1 Å². The lowest BCUT2D eigenvalue weighted by atomic mass is 10.1. The molecule has 1 amide bonds. The molecule has 0 aromatic rings. The highest BCUT2D eigenvalue weighted by Gasteiger charge is 2.66. The maximum atomic E-state index is 11.8. The number of halogens is 1. The number of aliphatic carboxylic acids is 1. The van der Waals surface area contributed by atoms with E-state index in [2.05, 4.69) is 26.4 Å². The molecule has 0 unspecified atom stereocenters. The summed E-state index contributed by atoms with van der Waals surface area (Å²) in [6.45, 7) is 5.15. The van der Waals surface area contributed by atoms with E-state index in [1.807, 2.05) is 0 Å². The molecule has 2 N–H and O–H groups in total. The van der Waals surface area contributed by atoms with Crippen LogP contribution in [0.15, 0.2) is 5.16 Å². The first-order valence-electron chi connectivity index (χ1n) is 6.27. The minimum Gasteiger partial charge on any atom is -0.479 e. The molecule has 0 aromatic heterocycles. The highest BCUT2D eigenvalue weighted by Crippen LogP contribution is 2.49. The summed E-state index contributed by atoms with van der Waals surface area (Å²) >= 11 is 3.21. The Labute approximate surface area is 124 Å². The maximum Gasteiger partial charge on any atom is 0.408 e. The molecule has 0 aromatic carbocycles. The average molecular weight is 349 g/mol. The number of carbonyl (C=O) groups is 2. The maximum absolute atomic E-state index is 11.8. The van der Waals surface area contributed by atoms with Crippen molar-refractivity contribution in [2.75, 3.05) is 0 Å². The van der Waals surface area contributed by atoms with Crippen LogP contribution in [-0.2, 0) is 14.4 Å². The third kappa shape index (κ3) is 3.05. The monoisotopic (exact) mass is 348 g/mol. The number of nitrogens with one attached hydrogen (secondary N) is 1. The quantitative estimate of drug-likeness (QED) is 0.811. The zero-order valence-electron chi connectivity index (χ0n) is 11.5. The van der Waals surface area contributed by atoms with Gasteiger partial charge in [0.2, 0.25) is 0 Å². The molecule has 1 aliphatic carbocycles. The predicted molar refractivity (Wildman–Crippen MR) is 73.7 cm³/mol. The van der Waals surface area contributed by atoms with Gasteiger partial charge in [0.05, 0.1) is 0 Å².